The highest BCUT2D eigenvalue weighted by atomic mass is 14.8. The van der Waals surface area contributed by atoms with Crippen molar-refractivity contribution < 1.29 is 0 Å². The highest BCUT2D eigenvalue weighted by Gasteiger charge is 2.18. The van der Waals surface area contributed by atoms with Gasteiger partial charge < -0.3 is 9.97 Å². The third-order valence-electron chi connectivity index (χ3n) is 8.69. The average molecular weight is 559 g/mol. The summed E-state index contributed by atoms with van der Waals surface area (Å²) in [7, 11) is 2.15. The molecule has 210 valence electrons. The number of H-pyrrole nitrogens is 2. The molecule has 4 nitrogen and oxygen atoms in total. The normalized spacial score (nSPS) is 12.3. The summed E-state index contributed by atoms with van der Waals surface area (Å²) in [6.07, 6.45) is 8.54. The highest BCUT2D eigenvalue weighted by molar-refractivity contribution is 6.38. The molecule has 8 bridgehead atoms. The first-order valence-electron chi connectivity index (χ1n) is 14.9. The Morgan fingerprint density at radius 1 is 0.488 bits per heavy atom. The highest BCUT2D eigenvalue weighted by Crippen LogP contribution is 2.37. The lowest BCUT2D eigenvalue weighted by atomic mass is 9.92. The molecule has 5 heterocycles. The van der Waals surface area contributed by atoms with Crippen molar-refractivity contribution in [2.75, 3.05) is 0 Å². The molecule has 2 aliphatic heterocycles. The summed E-state index contributed by atoms with van der Waals surface area (Å²) in [6.45, 7) is 13.1. The number of aromatic nitrogens is 4. The van der Waals surface area contributed by atoms with Crippen molar-refractivity contribution >= 4 is 59.7 Å². The van der Waals surface area contributed by atoms with Gasteiger partial charge in [-0.2, -0.15) is 0 Å². The minimum atomic E-state index is 0.919. The Morgan fingerprint density at radius 2 is 0.977 bits per heavy atom. The van der Waals surface area contributed by atoms with Crippen molar-refractivity contribution in [1.29, 1.82) is 0 Å². The monoisotopic (exact) mass is 558 g/mol. The second-order valence-electron chi connectivity index (χ2n) is 12.2. The third kappa shape index (κ3) is 4.66. The van der Waals surface area contributed by atoms with Crippen LogP contribution in [0.3, 0.4) is 0 Å². The van der Waals surface area contributed by atoms with Gasteiger partial charge in [0.15, 0.2) is 0 Å². The van der Waals surface area contributed by atoms with Gasteiger partial charge >= 0.3 is 0 Å². The molecule has 0 spiro atoms. The molecule has 0 radical (unpaired) electrons. The van der Waals surface area contributed by atoms with Gasteiger partial charge in [-0.3, -0.25) is 0 Å². The van der Waals surface area contributed by atoms with Crippen molar-refractivity contribution in [2.45, 2.75) is 41.5 Å². The molecule has 0 atom stereocenters. The first-order valence-corrected chi connectivity index (χ1v) is 14.9. The SMILES string of the molecule is Bc1c2nc(c(-c3c(C)cc(C)cc3C)c3ccc(cc4nc(c(-c5c(C)cc(C)cc5C)c5ccc1[nH]5)C=C4)[nH]3)C=C2. The summed E-state index contributed by atoms with van der Waals surface area (Å²) in [4.78, 5) is 17.8. The van der Waals surface area contributed by atoms with E-state index in [-0.39, 0.29) is 0 Å². The standard InChI is InChI=1S/C38H35BN4/c1-20-15-22(3)34(23(4)16-20)36-28-9-7-26(40-28)19-27-8-10-29(41-27)37(35-24(5)17-21(2)18-25(35)6)31-12-14-33(43-31)38(39)32-13-11-30(36)42-32/h7-19,40,43H,39H2,1-6H3. The Hall–Kier alpha value is -4.90. The van der Waals surface area contributed by atoms with Gasteiger partial charge in [0.25, 0.3) is 0 Å². The molecule has 2 aromatic carbocycles. The van der Waals surface area contributed by atoms with E-state index in [4.69, 9.17) is 9.97 Å². The van der Waals surface area contributed by atoms with Crippen LogP contribution in [0.15, 0.2) is 54.6 Å². The summed E-state index contributed by atoms with van der Waals surface area (Å²) in [5, 5.41) is 0. The number of fused-ring (bicyclic) bond motifs is 8. The summed E-state index contributed by atoms with van der Waals surface area (Å²) in [5.74, 6) is 0. The number of hydrogen-bond acceptors (Lipinski definition) is 2. The van der Waals surface area contributed by atoms with Crippen LogP contribution in [0.5, 0.6) is 0 Å². The molecule has 2 aliphatic rings. The fourth-order valence-electron chi connectivity index (χ4n) is 6.96. The topological polar surface area (TPSA) is 57.4 Å². The summed E-state index contributed by atoms with van der Waals surface area (Å²) in [5.41, 5.74) is 21.2. The van der Waals surface area contributed by atoms with Crippen molar-refractivity contribution in [2.24, 2.45) is 0 Å². The lowest BCUT2D eigenvalue weighted by Crippen LogP contribution is -2.07. The molecule has 0 aliphatic carbocycles. The lowest BCUT2D eigenvalue weighted by Gasteiger charge is -2.13. The van der Waals surface area contributed by atoms with Gasteiger partial charge in [0.2, 0.25) is 0 Å². The summed E-state index contributed by atoms with van der Waals surface area (Å²) in [6, 6.07) is 19.8. The fourth-order valence-corrected chi connectivity index (χ4v) is 6.96. The molecule has 0 saturated heterocycles. The van der Waals surface area contributed by atoms with E-state index in [0.29, 0.717) is 0 Å². The maximum atomic E-state index is 5.23. The fraction of sp³-hybridized carbons (Fsp3) is 0.158. The van der Waals surface area contributed by atoms with E-state index in [9.17, 15) is 0 Å². The zero-order valence-electron chi connectivity index (χ0n) is 25.9. The maximum Gasteiger partial charge on any atom is 0.144 e. The average Bonchev–Trinajstić information content (AvgIpc) is 3.75. The number of aromatic amines is 2. The van der Waals surface area contributed by atoms with E-state index >= 15 is 0 Å². The number of aryl methyl sites for hydroxylation is 6. The van der Waals surface area contributed by atoms with Gasteiger partial charge in [0.05, 0.1) is 22.8 Å². The Morgan fingerprint density at radius 3 is 1.60 bits per heavy atom. The maximum absolute atomic E-state index is 5.23. The zero-order valence-corrected chi connectivity index (χ0v) is 25.9. The van der Waals surface area contributed by atoms with E-state index < -0.39 is 0 Å². The third-order valence-corrected chi connectivity index (χ3v) is 8.69. The first kappa shape index (κ1) is 27.0. The number of benzene rings is 2. The van der Waals surface area contributed by atoms with Crippen molar-refractivity contribution in [3.8, 4) is 22.3 Å². The van der Waals surface area contributed by atoms with Crippen LogP contribution in [0.2, 0.25) is 0 Å². The van der Waals surface area contributed by atoms with Crippen molar-refractivity contribution in [1.82, 2.24) is 19.9 Å². The number of hydrogen-bond donors (Lipinski definition) is 2. The minimum Gasteiger partial charge on any atom is -0.355 e. The second-order valence-corrected chi connectivity index (χ2v) is 12.2. The van der Waals surface area contributed by atoms with E-state index in [1.165, 1.54) is 44.5 Å². The van der Waals surface area contributed by atoms with Gasteiger partial charge in [-0.15, -0.1) is 0 Å². The van der Waals surface area contributed by atoms with Crippen LogP contribution in [-0.4, -0.2) is 27.8 Å². The van der Waals surface area contributed by atoms with Gasteiger partial charge in [0, 0.05) is 33.2 Å². The molecular weight excluding hydrogens is 523 g/mol. The van der Waals surface area contributed by atoms with Crippen LogP contribution in [-0.2, 0) is 0 Å². The molecule has 0 saturated carbocycles. The van der Waals surface area contributed by atoms with Gasteiger partial charge in [0.1, 0.15) is 7.85 Å². The van der Waals surface area contributed by atoms with Crippen molar-refractivity contribution in [3.05, 3.63) is 111 Å². The van der Waals surface area contributed by atoms with Crippen molar-refractivity contribution in [3.63, 3.8) is 0 Å². The van der Waals surface area contributed by atoms with Gasteiger partial charge in [-0.1, -0.05) is 35.4 Å². The number of nitrogens with one attached hydrogen (secondary N) is 2. The van der Waals surface area contributed by atoms with Crippen LogP contribution in [0.4, 0.5) is 0 Å². The molecule has 0 unspecified atom stereocenters. The van der Waals surface area contributed by atoms with Crippen LogP contribution in [0.1, 0.15) is 56.2 Å². The summed E-state index contributed by atoms with van der Waals surface area (Å²) < 4.78 is 0. The molecule has 2 N–H and O–H groups in total. The molecule has 3 aromatic heterocycles. The Balaban J connectivity index is 1.62. The molecular formula is C38H35BN4. The van der Waals surface area contributed by atoms with Gasteiger partial charge in [-0.25, -0.2) is 9.97 Å². The van der Waals surface area contributed by atoms with E-state index in [2.05, 4.69) is 138 Å². The van der Waals surface area contributed by atoms with Crippen LogP contribution < -0.4 is 5.46 Å². The molecule has 5 heteroatoms. The quantitative estimate of drug-likeness (QED) is 0.211. The predicted octanol–water partition coefficient (Wildman–Crippen LogP) is 8.10. The summed E-state index contributed by atoms with van der Waals surface area (Å²) >= 11 is 0. The largest absolute Gasteiger partial charge is 0.355 e. The predicted molar refractivity (Wildman–Crippen MR) is 186 cm³/mol. The Labute approximate surface area is 253 Å². The van der Waals surface area contributed by atoms with Gasteiger partial charge in [-0.05, 0) is 135 Å². The Kier molecular flexibility index (Phi) is 6.35. The first-order chi connectivity index (χ1) is 20.7. The smallest absolute Gasteiger partial charge is 0.144 e. The molecule has 43 heavy (non-hydrogen) atoms. The molecule has 5 aromatic rings. The zero-order chi connectivity index (χ0) is 30.0. The van der Waals surface area contributed by atoms with E-state index in [1.54, 1.807) is 0 Å². The molecule has 7 rings (SSSR count). The van der Waals surface area contributed by atoms with Crippen LogP contribution >= 0.6 is 0 Å². The molecule has 0 amide bonds. The number of nitrogens with zero attached hydrogens (tertiary/aromatic N) is 2. The molecule has 0 fully saturated rings. The lowest BCUT2D eigenvalue weighted by molar-refractivity contribution is 1.28. The van der Waals surface area contributed by atoms with Crippen LogP contribution in [0, 0.1) is 41.5 Å². The van der Waals surface area contributed by atoms with E-state index in [1.807, 2.05) is 0 Å². The van der Waals surface area contributed by atoms with E-state index in [0.717, 1.165) is 61.4 Å². The van der Waals surface area contributed by atoms with Crippen LogP contribution in [0.25, 0.3) is 68.6 Å². The second kappa shape index (κ2) is 10.1. The number of rotatable bonds is 2. The minimum absolute atomic E-state index is 0.919. The Bertz CT molecular complexity index is 2110.